The van der Waals surface area contributed by atoms with E-state index in [0.717, 1.165) is 36.8 Å². The molecule has 1 aliphatic heterocycles. The second-order valence-electron chi connectivity index (χ2n) is 5.01. The molecule has 0 bridgehead atoms. The Morgan fingerprint density at radius 2 is 2.20 bits per heavy atom. The van der Waals surface area contributed by atoms with E-state index in [1.807, 2.05) is 13.0 Å². The van der Waals surface area contributed by atoms with Crippen molar-refractivity contribution in [3.63, 3.8) is 0 Å². The van der Waals surface area contributed by atoms with E-state index in [4.69, 9.17) is 0 Å². The summed E-state index contributed by atoms with van der Waals surface area (Å²) in [5.41, 5.74) is 0.965. The number of nitrogens with zero attached hydrogens (tertiary/aromatic N) is 4. The zero-order chi connectivity index (χ0) is 13.8. The molecule has 104 valence electrons. The number of aromatic nitrogens is 4. The quantitative estimate of drug-likeness (QED) is 0.885. The summed E-state index contributed by atoms with van der Waals surface area (Å²) in [5.74, 6) is 2.77. The average Bonchev–Trinajstić information content (AvgIpc) is 2.49. The molecule has 1 atom stereocenters. The molecule has 1 fully saturated rings. The molecule has 6 heteroatoms. The summed E-state index contributed by atoms with van der Waals surface area (Å²) < 4.78 is 0. The number of anilines is 2. The van der Waals surface area contributed by atoms with Crippen molar-refractivity contribution in [3.8, 4) is 0 Å². The fourth-order valence-electron chi connectivity index (χ4n) is 2.41. The van der Waals surface area contributed by atoms with Crippen LogP contribution in [-0.4, -0.2) is 33.0 Å². The summed E-state index contributed by atoms with van der Waals surface area (Å²) in [5, 5.41) is 6.58. The summed E-state index contributed by atoms with van der Waals surface area (Å²) >= 11 is 0. The van der Waals surface area contributed by atoms with Gasteiger partial charge in [-0.05, 0) is 26.3 Å². The fourth-order valence-corrected chi connectivity index (χ4v) is 2.41. The molecule has 0 radical (unpaired) electrons. The first-order chi connectivity index (χ1) is 9.81. The van der Waals surface area contributed by atoms with Crippen LogP contribution in [-0.2, 0) is 0 Å². The van der Waals surface area contributed by atoms with Gasteiger partial charge in [0.25, 0.3) is 0 Å². The minimum Gasteiger partial charge on any atom is -0.324 e. The first-order valence-corrected chi connectivity index (χ1v) is 6.90. The summed E-state index contributed by atoms with van der Waals surface area (Å²) in [4.78, 5) is 17.4. The highest BCUT2D eigenvalue weighted by molar-refractivity contribution is 5.50. The molecule has 1 saturated heterocycles. The molecule has 0 aromatic carbocycles. The van der Waals surface area contributed by atoms with Crippen molar-refractivity contribution in [1.82, 2.24) is 25.3 Å². The van der Waals surface area contributed by atoms with Gasteiger partial charge in [0.1, 0.15) is 17.5 Å². The van der Waals surface area contributed by atoms with Gasteiger partial charge in [-0.2, -0.15) is 0 Å². The predicted molar refractivity (Wildman–Crippen MR) is 76.9 cm³/mol. The summed E-state index contributed by atoms with van der Waals surface area (Å²) in [6.07, 6.45) is 7.30. The van der Waals surface area contributed by atoms with E-state index < -0.39 is 0 Å². The first-order valence-electron chi connectivity index (χ1n) is 6.90. The lowest BCUT2D eigenvalue weighted by molar-refractivity contribution is 0.446. The van der Waals surface area contributed by atoms with Crippen LogP contribution in [0.4, 0.5) is 11.6 Å². The number of aryl methyl sites for hydroxylation is 1. The van der Waals surface area contributed by atoms with Gasteiger partial charge in [-0.3, -0.25) is 4.98 Å². The van der Waals surface area contributed by atoms with E-state index >= 15 is 0 Å². The van der Waals surface area contributed by atoms with Crippen LogP contribution in [0.5, 0.6) is 0 Å². The van der Waals surface area contributed by atoms with E-state index in [1.54, 1.807) is 18.6 Å². The highest BCUT2D eigenvalue weighted by atomic mass is 15.1. The molecule has 0 spiro atoms. The van der Waals surface area contributed by atoms with E-state index in [-0.39, 0.29) is 0 Å². The minimum absolute atomic E-state index is 0.394. The highest BCUT2D eigenvalue weighted by Gasteiger charge is 2.18. The molecular weight excluding hydrogens is 252 g/mol. The number of hydrogen-bond acceptors (Lipinski definition) is 6. The SMILES string of the molecule is Cc1cc(Nc2cnccn2)nc(C2CCCNC2)n1. The van der Waals surface area contributed by atoms with Crippen LogP contribution < -0.4 is 10.6 Å². The molecule has 20 heavy (non-hydrogen) atoms. The van der Waals surface area contributed by atoms with Crippen LogP contribution in [0.2, 0.25) is 0 Å². The molecule has 1 unspecified atom stereocenters. The van der Waals surface area contributed by atoms with Gasteiger partial charge >= 0.3 is 0 Å². The standard InChI is InChI=1S/C14H18N6/c1-10-7-12(19-13-9-16-5-6-17-13)20-14(18-10)11-3-2-4-15-8-11/h5-7,9,11,15H,2-4,8H2,1H3,(H,17,18,19,20). The van der Waals surface area contributed by atoms with Crippen molar-refractivity contribution in [2.24, 2.45) is 0 Å². The molecule has 2 aromatic heterocycles. The van der Waals surface area contributed by atoms with Gasteiger partial charge in [-0.15, -0.1) is 0 Å². The molecule has 0 saturated carbocycles. The number of hydrogen-bond donors (Lipinski definition) is 2. The number of piperidine rings is 1. The van der Waals surface area contributed by atoms with Crippen molar-refractivity contribution in [1.29, 1.82) is 0 Å². The summed E-state index contributed by atoms with van der Waals surface area (Å²) in [7, 11) is 0. The van der Waals surface area contributed by atoms with E-state index in [9.17, 15) is 0 Å². The Hall–Kier alpha value is -2.08. The van der Waals surface area contributed by atoms with Crippen LogP contribution in [0.15, 0.2) is 24.7 Å². The lowest BCUT2D eigenvalue weighted by Crippen LogP contribution is -2.29. The second kappa shape index (κ2) is 5.92. The average molecular weight is 270 g/mol. The smallest absolute Gasteiger partial charge is 0.150 e. The molecule has 3 heterocycles. The Kier molecular flexibility index (Phi) is 3.83. The topological polar surface area (TPSA) is 75.6 Å². The van der Waals surface area contributed by atoms with Gasteiger partial charge in [-0.25, -0.2) is 15.0 Å². The van der Waals surface area contributed by atoms with Crippen molar-refractivity contribution in [3.05, 3.63) is 36.2 Å². The maximum Gasteiger partial charge on any atom is 0.150 e. The Morgan fingerprint density at radius 1 is 1.25 bits per heavy atom. The van der Waals surface area contributed by atoms with Crippen molar-refractivity contribution in [2.75, 3.05) is 18.4 Å². The number of nitrogens with one attached hydrogen (secondary N) is 2. The highest BCUT2D eigenvalue weighted by Crippen LogP contribution is 2.22. The lowest BCUT2D eigenvalue weighted by atomic mass is 9.99. The van der Waals surface area contributed by atoms with Crippen LogP contribution in [0.3, 0.4) is 0 Å². The maximum absolute atomic E-state index is 4.62. The Bertz CT molecular complexity index is 565. The van der Waals surface area contributed by atoms with Crippen molar-refractivity contribution >= 4 is 11.6 Å². The van der Waals surface area contributed by atoms with Gasteiger partial charge in [0.2, 0.25) is 0 Å². The third-order valence-corrected chi connectivity index (χ3v) is 3.35. The van der Waals surface area contributed by atoms with Crippen LogP contribution >= 0.6 is 0 Å². The van der Waals surface area contributed by atoms with Crippen molar-refractivity contribution in [2.45, 2.75) is 25.7 Å². The molecule has 6 nitrogen and oxygen atoms in total. The second-order valence-corrected chi connectivity index (χ2v) is 5.01. The Balaban J connectivity index is 1.82. The third-order valence-electron chi connectivity index (χ3n) is 3.35. The van der Waals surface area contributed by atoms with Gasteiger partial charge in [0.05, 0.1) is 6.20 Å². The summed E-state index contributed by atoms with van der Waals surface area (Å²) in [6, 6.07) is 1.93. The molecule has 2 aromatic rings. The summed E-state index contributed by atoms with van der Waals surface area (Å²) in [6.45, 7) is 4.03. The zero-order valence-corrected chi connectivity index (χ0v) is 11.5. The van der Waals surface area contributed by atoms with Gasteiger partial charge in [0.15, 0.2) is 0 Å². The van der Waals surface area contributed by atoms with E-state index in [0.29, 0.717) is 11.7 Å². The van der Waals surface area contributed by atoms with Gasteiger partial charge in [0, 0.05) is 36.6 Å². The maximum atomic E-state index is 4.62. The molecule has 0 amide bonds. The third kappa shape index (κ3) is 3.08. The largest absolute Gasteiger partial charge is 0.324 e. The van der Waals surface area contributed by atoms with Crippen molar-refractivity contribution < 1.29 is 0 Å². The molecule has 3 rings (SSSR count). The van der Waals surface area contributed by atoms with Crippen LogP contribution in [0.1, 0.15) is 30.3 Å². The Morgan fingerprint density at radius 3 is 2.95 bits per heavy atom. The van der Waals surface area contributed by atoms with E-state index in [1.165, 1.54) is 6.42 Å². The Labute approximate surface area is 118 Å². The zero-order valence-electron chi connectivity index (χ0n) is 11.5. The molecule has 2 N–H and O–H groups in total. The normalized spacial score (nSPS) is 18.8. The van der Waals surface area contributed by atoms with Gasteiger partial charge in [-0.1, -0.05) is 0 Å². The molecule has 1 aliphatic rings. The predicted octanol–water partition coefficient (Wildman–Crippen LogP) is 1.79. The lowest BCUT2D eigenvalue weighted by Gasteiger charge is -2.22. The first kappa shape index (κ1) is 12.9. The van der Waals surface area contributed by atoms with Crippen LogP contribution in [0.25, 0.3) is 0 Å². The van der Waals surface area contributed by atoms with Gasteiger partial charge < -0.3 is 10.6 Å². The van der Waals surface area contributed by atoms with E-state index in [2.05, 4.69) is 30.6 Å². The number of rotatable bonds is 3. The monoisotopic (exact) mass is 270 g/mol. The minimum atomic E-state index is 0.394. The van der Waals surface area contributed by atoms with Crippen LogP contribution in [0, 0.1) is 6.92 Å². The molecule has 0 aliphatic carbocycles. The molecular formula is C14H18N6. The fraction of sp³-hybridized carbons (Fsp3) is 0.429.